The van der Waals surface area contributed by atoms with Gasteiger partial charge in [-0.2, -0.15) is 0 Å². The number of carbonyl (C=O) groups is 5. The van der Waals surface area contributed by atoms with Crippen LogP contribution in [0.3, 0.4) is 0 Å². The van der Waals surface area contributed by atoms with E-state index >= 15 is 0 Å². The van der Waals surface area contributed by atoms with Crippen LogP contribution >= 0.6 is 0 Å². The fourth-order valence-electron chi connectivity index (χ4n) is 4.31. The number of hydrogen-bond donors (Lipinski definition) is 2. The first-order valence-corrected chi connectivity index (χ1v) is 10.4. The summed E-state index contributed by atoms with van der Waals surface area (Å²) in [6.45, 7) is 3.39. The normalized spacial score (nSPS) is 21.5. The molecule has 4 rings (SSSR count). The number of amides is 5. The average molecular weight is 427 g/mol. The molecule has 3 aliphatic heterocycles. The van der Waals surface area contributed by atoms with Crippen molar-refractivity contribution in [3.8, 4) is 0 Å². The van der Waals surface area contributed by atoms with Gasteiger partial charge >= 0.3 is 0 Å². The Balaban J connectivity index is 1.50. The quantitative estimate of drug-likeness (QED) is 0.576. The van der Waals surface area contributed by atoms with Crippen molar-refractivity contribution in [1.82, 2.24) is 25.3 Å². The van der Waals surface area contributed by atoms with E-state index in [0.717, 1.165) is 18.0 Å². The molecule has 3 heterocycles. The Morgan fingerprint density at radius 2 is 1.87 bits per heavy atom. The van der Waals surface area contributed by atoms with Crippen molar-refractivity contribution in [3.05, 3.63) is 34.9 Å². The minimum absolute atomic E-state index is 0.0177. The van der Waals surface area contributed by atoms with E-state index in [0.29, 0.717) is 25.2 Å². The molecular formula is C21H25N5O5. The van der Waals surface area contributed by atoms with Gasteiger partial charge in [0.25, 0.3) is 11.8 Å². The molecule has 0 radical (unpaired) electrons. The smallest absolute Gasteiger partial charge is 0.262 e. The molecule has 0 saturated carbocycles. The van der Waals surface area contributed by atoms with Crippen LogP contribution in [0.4, 0.5) is 0 Å². The van der Waals surface area contributed by atoms with E-state index in [4.69, 9.17) is 0 Å². The van der Waals surface area contributed by atoms with Crippen LogP contribution in [0, 0.1) is 0 Å². The Hall–Kier alpha value is -3.11. The highest BCUT2D eigenvalue weighted by Crippen LogP contribution is 2.30. The maximum Gasteiger partial charge on any atom is 0.262 e. The van der Waals surface area contributed by atoms with Gasteiger partial charge < -0.3 is 10.2 Å². The van der Waals surface area contributed by atoms with Crippen LogP contribution in [0.1, 0.15) is 39.1 Å². The van der Waals surface area contributed by atoms with Crippen LogP contribution in [0.15, 0.2) is 18.2 Å². The highest BCUT2D eigenvalue weighted by molar-refractivity contribution is 6.24. The molecule has 1 unspecified atom stereocenters. The van der Waals surface area contributed by atoms with Gasteiger partial charge in [-0.3, -0.25) is 39.1 Å². The van der Waals surface area contributed by atoms with Crippen molar-refractivity contribution in [2.24, 2.45) is 0 Å². The van der Waals surface area contributed by atoms with Crippen LogP contribution < -0.4 is 10.6 Å². The second kappa shape index (κ2) is 8.56. The number of likely N-dealkylation sites (N-methyl/N-ethyl adjacent to an activating group) is 1. The summed E-state index contributed by atoms with van der Waals surface area (Å²) in [7, 11) is 1.79. The van der Waals surface area contributed by atoms with E-state index in [-0.39, 0.29) is 36.4 Å². The number of benzene rings is 1. The number of hydrogen-bond acceptors (Lipinski definition) is 7. The molecule has 0 bridgehead atoms. The first-order valence-electron chi connectivity index (χ1n) is 10.4. The van der Waals surface area contributed by atoms with Gasteiger partial charge in [0.2, 0.25) is 17.7 Å². The van der Waals surface area contributed by atoms with Crippen molar-refractivity contribution >= 4 is 29.5 Å². The summed E-state index contributed by atoms with van der Waals surface area (Å²) in [6.07, 6.45) is 0.193. The Labute approximate surface area is 179 Å². The molecule has 0 spiro atoms. The van der Waals surface area contributed by atoms with E-state index < -0.39 is 29.7 Å². The number of carbonyl (C=O) groups excluding carboxylic acids is 5. The van der Waals surface area contributed by atoms with Crippen LogP contribution in [0.5, 0.6) is 0 Å². The molecule has 1 aromatic carbocycles. The maximum absolute atomic E-state index is 13.1. The number of nitrogens with one attached hydrogen (secondary N) is 2. The molecule has 0 aliphatic carbocycles. The Bertz CT molecular complexity index is 955. The summed E-state index contributed by atoms with van der Waals surface area (Å²) in [5, 5.41) is 5.40. The van der Waals surface area contributed by atoms with Crippen molar-refractivity contribution in [3.63, 3.8) is 0 Å². The van der Waals surface area contributed by atoms with Gasteiger partial charge in [-0.05, 0) is 25.1 Å². The van der Waals surface area contributed by atoms with Crippen LogP contribution in [-0.2, 0) is 20.9 Å². The van der Waals surface area contributed by atoms with Crippen LogP contribution in [0.25, 0.3) is 0 Å². The van der Waals surface area contributed by atoms with Crippen molar-refractivity contribution in [1.29, 1.82) is 0 Å². The number of piperidine rings is 1. The third-order valence-corrected chi connectivity index (χ3v) is 5.87. The molecule has 31 heavy (non-hydrogen) atoms. The third-order valence-electron chi connectivity index (χ3n) is 5.87. The molecule has 5 amide bonds. The predicted octanol–water partition coefficient (Wildman–Crippen LogP) is -1.05. The van der Waals surface area contributed by atoms with Crippen molar-refractivity contribution in [2.45, 2.75) is 25.4 Å². The van der Waals surface area contributed by atoms with Gasteiger partial charge in [0.05, 0.1) is 17.7 Å². The molecular weight excluding hydrogens is 402 g/mol. The van der Waals surface area contributed by atoms with E-state index in [1.807, 2.05) is 9.80 Å². The number of rotatable bonds is 5. The van der Waals surface area contributed by atoms with Gasteiger partial charge in [-0.1, -0.05) is 12.1 Å². The van der Waals surface area contributed by atoms with E-state index in [2.05, 4.69) is 10.6 Å². The number of nitrogens with zero attached hydrogens (tertiary/aromatic N) is 3. The first-order chi connectivity index (χ1) is 14.9. The zero-order valence-corrected chi connectivity index (χ0v) is 17.3. The number of fused-ring (bicyclic) bond motifs is 1. The van der Waals surface area contributed by atoms with Gasteiger partial charge in [-0.15, -0.1) is 0 Å². The zero-order valence-electron chi connectivity index (χ0n) is 17.3. The molecule has 1 aromatic rings. The summed E-state index contributed by atoms with van der Waals surface area (Å²) in [6, 6.07) is 4.02. The SMILES string of the molecule is CN(CC(=O)N1CCNCC1)Cc1cccc2c1C(=O)N(C1CCC(=O)NC1=O)C2=O. The predicted molar refractivity (Wildman–Crippen MR) is 109 cm³/mol. The molecule has 2 N–H and O–H groups in total. The maximum atomic E-state index is 13.1. The standard InChI is InChI=1S/C21H25N5O5/c1-24(12-17(28)25-9-7-22-8-10-25)11-13-3-2-4-14-18(13)21(31)26(20(14)30)15-5-6-16(27)23-19(15)29/h2-4,15,22H,5-12H2,1H3,(H,23,27,29). The van der Waals surface area contributed by atoms with E-state index in [1.165, 1.54) is 0 Å². The lowest BCUT2D eigenvalue weighted by molar-refractivity contribution is -0.136. The largest absolute Gasteiger partial charge is 0.339 e. The summed E-state index contributed by atoms with van der Waals surface area (Å²) in [4.78, 5) is 66.8. The van der Waals surface area contributed by atoms with E-state index in [9.17, 15) is 24.0 Å². The second-order valence-corrected chi connectivity index (χ2v) is 8.09. The number of piperazine rings is 1. The van der Waals surface area contributed by atoms with Gasteiger partial charge in [0.1, 0.15) is 6.04 Å². The summed E-state index contributed by atoms with van der Waals surface area (Å²) in [5.41, 5.74) is 1.13. The minimum atomic E-state index is -0.995. The molecule has 1 atom stereocenters. The first kappa shape index (κ1) is 21.1. The lowest BCUT2D eigenvalue weighted by Gasteiger charge is -2.29. The summed E-state index contributed by atoms with van der Waals surface area (Å²) in [5.74, 6) is -2.09. The Morgan fingerprint density at radius 1 is 1.13 bits per heavy atom. The Kier molecular flexibility index (Phi) is 5.84. The Morgan fingerprint density at radius 3 is 2.58 bits per heavy atom. The number of imide groups is 2. The molecule has 10 heteroatoms. The highest BCUT2D eigenvalue weighted by Gasteiger charge is 2.45. The fraction of sp³-hybridized carbons (Fsp3) is 0.476. The van der Waals surface area contributed by atoms with Crippen LogP contribution in [-0.4, -0.2) is 90.0 Å². The molecule has 164 valence electrons. The summed E-state index contributed by atoms with van der Waals surface area (Å²) < 4.78 is 0. The monoisotopic (exact) mass is 427 g/mol. The molecule has 10 nitrogen and oxygen atoms in total. The average Bonchev–Trinajstić information content (AvgIpc) is 3.00. The topological polar surface area (TPSA) is 119 Å². The molecule has 2 fully saturated rings. The highest BCUT2D eigenvalue weighted by atomic mass is 16.2. The van der Waals surface area contributed by atoms with E-state index in [1.54, 1.807) is 25.2 Å². The molecule has 0 aromatic heterocycles. The van der Waals surface area contributed by atoms with Gasteiger partial charge in [0.15, 0.2) is 0 Å². The van der Waals surface area contributed by atoms with Crippen molar-refractivity contribution < 1.29 is 24.0 Å². The lowest BCUT2D eigenvalue weighted by Crippen LogP contribution is -2.54. The van der Waals surface area contributed by atoms with Gasteiger partial charge in [0, 0.05) is 39.1 Å². The second-order valence-electron chi connectivity index (χ2n) is 8.09. The summed E-state index contributed by atoms with van der Waals surface area (Å²) >= 11 is 0. The third kappa shape index (κ3) is 4.08. The molecule has 2 saturated heterocycles. The zero-order chi connectivity index (χ0) is 22.1. The van der Waals surface area contributed by atoms with Crippen molar-refractivity contribution in [2.75, 3.05) is 39.8 Å². The van der Waals surface area contributed by atoms with Crippen LogP contribution in [0.2, 0.25) is 0 Å². The van der Waals surface area contributed by atoms with Gasteiger partial charge in [-0.25, -0.2) is 0 Å². The lowest BCUT2D eigenvalue weighted by atomic mass is 10.0. The fourth-order valence-corrected chi connectivity index (χ4v) is 4.31. The minimum Gasteiger partial charge on any atom is -0.339 e. The molecule has 3 aliphatic rings.